The Morgan fingerprint density at radius 3 is 1.95 bits per heavy atom. The lowest BCUT2D eigenvalue weighted by atomic mass is 9.81. The molecule has 0 spiro atoms. The van der Waals surface area contributed by atoms with Gasteiger partial charge in [-0.1, -0.05) is 117 Å². The van der Waals surface area contributed by atoms with E-state index in [2.05, 4.69) is 49.9 Å². The van der Waals surface area contributed by atoms with E-state index in [4.69, 9.17) is 9.15 Å². The van der Waals surface area contributed by atoms with E-state index in [-0.39, 0.29) is 108 Å². The van der Waals surface area contributed by atoms with Crippen LogP contribution in [0.4, 0.5) is 33.2 Å². The van der Waals surface area contributed by atoms with Gasteiger partial charge in [0.15, 0.2) is 22.1 Å². The number of hydrogen-bond donors (Lipinski definition) is 8. The summed E-state index contributed by atoms with van der Waals surface area (Å²) in [6.07, 6.45) is 13.7. The van der Waals surface area contributed by atoms with Crippen molar-refractivity contribution in [2.24, 2.45) is 5.92 Å². The van der Waals surface area contributed by atoms with Gasteiger partial charge in [0, 0.05) is 156 Å². The summed E-state index contributed by atoms with van der Waals surface area (Å²) in [5, 5.41) is 15.3. The second-order valence-electron chi connectivity index (χ2n) is 35.2. The van der Waals surface area contributed by atoms with Crippen LogP contribution in [0.2, 0.25) is 0 Å². The summed E-state index contributed by atoms with van der Waals surface area (Å²) in [6.45, 7) is 11.9. The molecule has 8 aromatic rings. The molecular formula is C99H108N10O20S5+2. The van der Waals surface area contributed by atoms with Crippen molar-refractivity contribution in [3.63, 3.8) is 0 Å². The van der Waals surface area contributed by atoms with Crippen molar-refractivity contribution >= 4 is 125 Å². The van der Waals surface area contributed by atoms with Crippen LogP contribution in [0.5, 0.6) is 0 Å². The highest BCUT2D eigenvalue weighted by atomic mass is 32.2. The third-order valence-electron chi connectivity index (χ3n) is 25.7. The van der Waals surface area contributed by atoms with Crippen molar-refractivity contribution in [3.8, 4) is 22.5 Å². The van der Waals surface area contributed by atoms with Gasteiger partial charge in [0.05, 0.1) is 42.6 Å². The molecular weight excluding hydrogens is 1810 g/mol. The van der Waals surface area contributed by atoms with E-state index in [1.807, 2.05) is 115 Å². The molecule has 0 bridgehead atoms. The van der Waals surface area contributed by atoms with Gasteiger partial charge in [-0.05, 0) is 185 Å². The van der Waals surface area contributed by atoms with E-state index in [9.17, 15) is 71.3 Å². The summed E-state index contributed by atoms with van der Waals surface area (Å²) in [6, 6.07) is 51.9. The fourth-order valence-corrected chi connectivity index (χ4v) is 22.5. The lowest BCUT2D eigenvalue weighted by Crippen LogP contribution is -2.55. The van der Waals surface area contributed by atoms with Crippen molar-refractivity contribution in [1.82, 2.24) is 35.5 Å². The number of nitrogens with zero attached hydrogens (tertiary/aromatic N) is 5. The maximum atomic E-state index is 15.4. The zero-order valence-corrected chi connectivity index (χ0v) is 79.1. The molecule has 6 aliphatic heterocycles. The maximum absolute atomic E-state index is 15.4. The topological polar surface area (TPSA) is 415 Å². The summed E-state index contributed by atoms with van der Waals surface area (Å²) in [7, 11) is -21.3. The summed E-state index contributed by atoms with van der Waals surface area (Å²) < 4.78 is 177. The van der Waals surface area contributed by atoms with Gasteiger partial charge in [-0.25, -0.2) is 21.6 Å². The summed E-state index contributed by atoms with van der Waals surface area (Å²) >= 11 is 0. The maximum Gasteiger partial charge on any atom is 0.408 e. The standard InChI is InChI=1S/C99H106N10O20S5/c1-7-106-85-44-36-72(130(6,115)116)61-79(85)98(2,3)90(106)31-16-10-17-32-91-99(4,5)80-62-75(134(125,126)127)39-45-86(80)109(91)51-23-11-18-33-92(110)101-64-102-95(112)81(103-96(113)82(56-65-24-12-8-13-25-65)104-97(114)128-63-66-26-14-9-15-27-66)29-21-22-50-100-94(111)67-46-52-105(53-47-67)131(117,118)89-30-20-19-28-78(89)93-76-40-34-70(107-54-48-68-57-73(132(119,120)121)37-42-83(68)107)59-87(76)129-88-60-71(35-41-77(88)93)108-55-49-69-58-74(133(122,123)124)38-43-84(69)108/h8-10,12-17,19-20,24-28,30-32,34-45,57-62,67,81-82H,7,11,18,21-23,29,33,46-56,63-64H2,1-6H3,(H6-2,100,101,102,103,104,110,111,112,113,114,119,120,121,122,123,124,125,126,127)/p+2. The van der Waals surface area contributed by atoms with Crippen LogP contribution in [0.3, 0.4) is 0 Å². The molecule has 1 fully saturated rings. The van der Waals surface area contributed by atoms with Crippen molar-refractivity contribution < 1.29 is 93.4 Å². The van der Waals surface area contributed by atoms with Crippen LogP contribution in [0.25, 0.3) is 33.4 Å². The molecule has 0 radical (unpaired) electrons. The van der Waals surface area contributed by atoms with Gasteiger partial charge in [-0.3, -0.25) is 32.8 Å². The number of unbranched alkanes of at least 4 members (excludes halogenated alkanes) is 3. The first kappa shape index (κ1) is 96.3. The number of fused-ring (bicyclic) bond motifs is 6. The summed E-state index contributed by atoms with van der Waals surface area (Å²) in [5.74, 6) is -2.20. The number of nitrogens with one attached hydrogen (secondary N) is 5. The monoisotopic (exact) mass is 1920 g/mol. The minimum atomic E-state index is -4.55. The molecule has 6 heterocycles. The minimum absolute atomic E-state index is 0.00176. The third kappa shape index (κ3) is 21.2. The second kappa shape index (κ2) is 39.7. The van der Waals surface area contributed by atoms with Gasteiger partial charge < -0.3 is 45.5 Å². The zero-order chi connectivity index (χ0) is 95.4. The van der Waals surface area contributed by atoms with Gasteiger partial charge in [-0.15, -0.1) is 0 Å². The average Bonchev–Trinajstić information content (AvgIpc) is 0.879. The molecule has 8 N–H and O–H groups in total. The van der Waals surface area contributed by atoms with Gasteiger partial charge >= 0.3 is 6.09 Å². The number of carbonyl (C=O) groups excluding carboxylic acids is 5. The molecule has 30 nitrogen and oxygen atoms in total. The number of ether oxygens (including phenoxy) is 1. The number of piperidine rings is 1. The first-order chi connectivity index (χ1) is 63.8. The first-order valence-electron chi connectivity index (χ1n) is 44.5. The number of amides is 5. The quantitative estimate of drug-likeness (QED) is 0.00464. The number of allylic oxidation sites excluding steroid dienone is 6. The number of anilines is 3. The van der Waals surface area contributed by atoms with Crippen molar-refractivity contribution in [3.05, 3.63) is 269 Å². The van der Waals surface area contributed by atoms with Gasteiger partial charge in [0.25, 0.3) is 30.4 Å². The van der Waals surface area contributed by atoms with Crippen molar-refractivity contribution in [2.45, 2.75) is 166 Å². The Morgan fingerprint density at radius 2 is 1.24 bits per heavy atom. The number of alkyl carbamates (subject to hydrolysis) is 1. The lowest BCUT2D eigenvalue weighted by molar-refractivity contribution is -0.433. The SMILES string of the molecule is CC[N+]1=C(/C=C/C=C/C=C2/N(CCCCCC(=O)NCNC(=O)C(CCCCNC(=O)C3CCN(S(=O)(=O)c4ccccc4-c4c5cc/c(=[N+]6/CCc7cc(S(=O)(=O)O)ccc76)cc-5oc5cc(N6CCc7cc(S(=O)(=O)O)ccc76)ccc45)CC3)NC(=O)C(Cc3ccccc3)NC(=O)OCc3ccccc3)c3ccc(S(=O)(=O)O)cc3C2(C)C)C(C)(C)c2cc(S(C)(=O)=O)ccc21. The fraction of sp³-hybridized carbons (Fsp3) is 0.323. The highest BCUT2D eigenvalue weighted by molar-refractivity contribution is 7.90. The summed E-state index contributed by atoms with van der Waals surface area (Å²) in [5.41, 5.74) is 10.7. The van der Waals surface area contributed by atoms with E-state index in [0.717, 1.165) is 39.7 Å². The Hall–Kier alpha value is -12.3. The second-order valence-corrected chi connectivity index (χ2v) is 43.4. The molecule has 0 aromatic heterocycles. The van der Waals surface area contributed by atoms with Gasteiger partial charge in [0.1, 0.15) is 36.6 Å². The molecule has 0 saturated carbocycles. The number of carbonyl (C=O) groups is 5. The first-order valence-corrected chi connectivity index (χ1v) is 52.2. The smallest absolute Gasteiger partial charge is 0.408 e. The Bertz CT molecular complexity index is 7070. The van der Waals surface area contributed by atoms with E-state index >= 15 is 8.42 Å². The number of hydrogen-bond acceptors (Lipinski definition) is 19. The van der Waals surface area contributed by atoms with Crippen LogP contribution < -0.4 is 46.3 Å². The fourth-order valence-electron chi connectivity index (χ4n) is 18.7. The molecule has 7 aliphatic rings. The Kier molecular flexibility index (Phi) is 28.5. The average molecular weight is 1920 g/mol. The highest BCUT2D eigenvalue weighted by Crippen LogP contribution is 2.50. The normalized spacial score (nSPS) is 16.8. The van der Waals surface area contributed by atoms with Crippen LogP contribution in [-0.2, 0) is 111 Å². The van der Waals surface area contributed by atoms with Crippen molar-refractivity contribution in [2.75, 3.05) is 68.5 Å². The van der Waals surface area contributed by atoms with E-state index in [0.29, 0.717) is 137 Å². The molecule has 1 aliphatic carbocycles. The van der Waals surface area contributed by atoms with Crippen LogP contribution >= 0.6 is 0 Å². The van der Waals surface area contributed by atoms with E-state index in [1.165, 1.54) is 47.0 Å². The number of sulfonamides is 1. The van der Waals surface area contributed by atoms with E-state index in [1.54, 1.807) is 103 Å². The third-order valence-corrected chi connectivity index (χ3v) is 31.3. The Morgan fingerprint density at radius 1 is 0.582 bits per heavy atom. The molecule has 5 amide bonds. The lowest BCUT2D eigenvalue weighted by Gasteiger charge is -2.31. The summed E-state index contributed by atoms with van der Waals surface area (Å²) in [4.78, 5) is 73.8. The Balaban J connectivity index is 0.591. The number of rotatable bonds is 34. The molecule has 2 atom stereocenters. The molecule has 2 unspecified atom stereocenters. The molecule has 702 valence electrons. The van der Waals surface area contributed by atoms with Gasteiger partial charge in [-0.2, -0.15) is 38.7 Å². The molecule has 35 heteroatoms. The van der Waals surface area contributed by atoms with Crippen LogP contribution in [0, 0.1) is 5.92 Å². The molecule has 15 rings (SSSR count). The predicted molar refractivity (Wildman–Crippen MR) is 510 cm³/mol. The number of sulfone groups is 1. The van der Waals surface area contributed by atoms with Crippen LogP contribution in [0.1, 0.15) is 126 Å². The predicted octanol–water partition coefficient (Wildman–Crippen LogP) is 13.1. The largest absolute Gasteiger partial charge is 0.456 e. The van der Waals surface area contributed by atoms with Crippen LogP contribution in [-0.4, -0.2) is 171 Å². The van der Waals surface area contributed by atoms with Crippen LogP contribution in [0.15, 0.2) is 259 Å². The molecule has 8 aromatic carbocycles. The number of benzene rings is 9. The zero-order valence-electron chi connectivity index (χ0n) is 75.0. The minimum Gasteiger partial charge on any atom is -0.456 e. The Labute approximate surface area is 780 Å². The molecule has 134 heavy (non-hydrogen) atoms. The van der Waals surface area contributed by atoms with Gasteiger partial charge in [0.2, 0.25) is 50.4 Å². The highest BCUT2D eigenvalue weighted by Gasteiger charge is 2.46. The van der Waals surface area contributed by atoms with Crippen molar-refractivity contribution in [1.29, 1.82) is 0 Å². The molecule has 1 saturated heterocycles. The van der Waals surface area contributed by atoms with E-state index < -0.39 is 97.0 Å².